The molecule has 0 saturated carbocycles. The van der Waals surface area contributed by atoms with Gasteiger partial charge in [0, 0.05) is 6.54 Å². The molecule has 0 radical (unpaired) electrons. The summed E-state index contributed by atoms with van der Waals surface area (Å²) >= 11 is 0. The molecule has 1 aromatic carbocycles. The first-order valence-corrected chi connectivity index (χ1v) is 9.51. The van der Waals surface area contributed by atoms with Crippen molar-refractivity contribution in [3.63, 3.8) is 0 Å². The van der Waals surface area contributed by atoms with Crippen molar-refractivity contribution in [1.82, 2.24) is 10.2 Å². The molecule has 0 bridgehead atoms. The number of amides is 1. The van der Waals surface area contributed by atoms with Crippen LogP contribution in [0.25, 0.3) is 0 Å². The van der Waals surface area contributed by atoms with E-state index >= 15 is 0 Å². The fraction of sp³-hybridized carbons (Fsp3) is 0.650. The summed E-state index contributed by atoms with van der Waals surface area (Å²) in [5, 5.41) is 3.02. The highest BCUT2D eigenvalue weighted by Crippen LogP contribution is 2.30. The van der Waals surface area contributed by atoms with E-state index in [1.807, 2.05) is 19.1 Å². The van der Waals surface area contributed by atoms with E-state index in [0.29, 0.717) is 0 Å². The molecule has 1 N–H and O–H groups in total. The van der Waals surface area contributed by atoms with Gasteiger partial charge < -0.3 is 15.0 Å². The van der Waals surface area contributed by atoms with Crippen molar-refractivity contribution in [2.45, 2.75) is 58.0 Å². The maximum atomic E-state index is 12.3. The van der Waals surface area contributed by atoms with E-state index in [1.54, 1.807) is 0 Å². The molecular weight excluding hydrogens is 300 g/mol. The van der Waals surface area contributed by atoms with Gasteiger partial charge >= 0.3 is 0 Å². The smallest absolute Gasteiger partial charge is 0.260 e. The molecule has 0 spiro atoms. The maximum absolute atomic E-state index is 12.3. The van der Waals surface area contributed by atoms with Gasteiger partial charge in [-0.15, -0.1) is 0 Å². The Labute approximate surface area is 145 Å². The van der Waals surface area contributed by atoms with Crippen LogP contribution in [0.5, 0.6) is 5.75 Å². The number of fused-ring (bicyclic) bond motifs is 1. The highest BCUT2D eigenvalue weighted by atomic mass is 16.5. The molecular formula is C20H30N2O2. The van der Waals surface area contributed by atoms with Gasteiger partial charge in [-0.2, -0.15) is 0 Å². The first-order valence-electron chi connectivity index (χ1n) is 9.51. The Morgan fingerprint density at radius 2 is 2.00 bits per heavy atom. The molecule has 1 amide bonds. The van der Waals surface area contributed by atoms with Crippen molar-refractivity contribution < 1.29 is 9.53 Å². The van der Waals surface area contributed by atoms with Gasteiger partial charge in [0.15, 0.2) is 6.10 Å². The third kappa shape index (κ3) is 4.50. The molecule has 132 valence electrons. The highest BCUT2D eigenvalue weighted by Gasteiger charge is 2.19. The van der Waals surface area contributed by atoms with Crippen molar-refractivity contribution in [1.29, 1.82) is 0 Å². The van der Waals surface area contributed by atoms with E-state index in [1.165, 1.54) is 49.9 Å². The average Bonchev–Trinajstić information content (AvgIpc) is 3.12. The zero-order chi connectivity index (χ0) is 16.8. The Bertz CT molecular complexity index is 553. The molecule has 1 aliphatic carbocycles. The van der Waals surface area contributed by atoms with Crippen LogP contribution >= 0.6 is 0 Å². The van der Waals surface area contributed by atoms with Crippen LogP contribution in [0.4, 0.5) is 0 Å². The largest absolute Gasteiger partial charge is 0.481 e. The summed E-state index contributed by atoms with van der Waals surface area (Å²) in [5.41, 5.74) is 2.69. The lowest BCUT2D eigenvalue weighted by molar-refractivity contribution is -0.127. The number of likely N-dealkylation sites (tertiary alicyclic amines) is 1. The topological polar surface area (TPSA) is 41.6 Å². The van der Waals surface area contributed by atoms with Gasteiger partial charge in [-0.1, -0.05) is 12.1 Å². The predicted molar refractivity (Wildman–Crippen MR) is 96.5 cm³/mol. The van der Waals surface area contributed by atoms with Gasteiger partial charge in [0.05, 0.1) is 0 Å². The number of carbonyl (C=O) groups excluding carboxylic acids is 1. The van der Waals surface area contributed by atoms with Gasteiger partial charge in [-0.25, -0.2) is 0 Å². The molecule has 4 nitrogen and oxygen atoms in total. The molecule has 0 aromatic heterocycles. The Hall–Kier alpha value is -1.55. The molecule has 1 aliphatic heterocycles. The number of nitrogens with one attached hydrogen (secondary N) is 1. The van der Waals surface area contributed by atoms with E-state index in [0.717, 1.165) is 38.1 Å². The predicted octanol–water partition coefficient (Wildman–Crippen LogP) is 2.93. The van der Waals surface area contributed by atoms with Gasteiger partial charge in [0.1, 0.15) is 5.75 Å². The number of nitrogens with zero attached hydrogens (tertiary/aromatic N) is 1. The third-order valence-electron chi connectivity index (χ3n) is 5.17. The molecule has 1 saturated heterocycles. The molecule has 4 heteroatoms. The Morgan fingerprint density at radius 1 is 1.21 bits per heavy atom. The Balaban J connectivity index is 1.44. The van der Waals surface area contributed by atoms with E-state index in [-0.39, 0.29) is 5.91 Å². The van der Waals surface area contributed by atoms with E-state index in [2.05, 4.69) is 16.3 Å². The summed E-state index contributed by atoms with van der Waals surface area (Å²) in [5.74, 6) is 0.886. The van der Waals surface area contributed by atoms with Crippen molar-refractivity contribution in [2.75, 3.05) is 26.2 Å². The van der Waals surface area contributed by atoms with E-state index in [9.17, 15) is 4.79 Å². The second kappa shape index (κ2) is 8.52. The minimum Gasteiger partial charge on any atom is -0.481 e. The fourth-order valence-electron chi connectivity index (χ4n) is 3.76. The van der Waals surface area contributed by atoms with Crippen LogP contribution in [0.2, 0.25) is 0 Å². The molecule has 1 aromatic rings. The van der Waals surface area contributed by atoms with E-state index in [4.69, 9.17) is 4.74 Å². The summed E-state index contributed by atoms with van der Waals surface area (Å²) in [6.07, 6.45) is 7.87. The average molecular weight is 330 g/mol. The van der Waals surface area contributed by atoms with Crippen molar-refractivity contribution in [3.05, 3.63) is 29.3 Å². The maximum Gasteiger partial charge on any atom is 0.260 e. The van der Waals surface area contributed by atoms with Crippen LogP contribution in [0.3, 0.4) is 0 Å². The van der Waals surface area contributed by atoms with Crippen molar-refractivity contribution in [3.8, 4) is 5.75 Å². The molecule has 1 heterocycles. The van der Waals surface area contributed by atoms with Crippen LogP contribution in [0, 0.1) is 0 Å². The van der Waals surface area contributed by atoms with Crippen LogP contribution in [0.15, 0.2) is 18.2 Å². The lowest BCUT2D eigenvalue weighted by Gasteiger charge is -2.22. The molecule has 1 atom stereocenters. The minimum absolute atomic E-state index is 0.00941. The third-order valence-corrected chi connectivity index (χ3v) is 5.17. The highest BCUT2D eigenvalue weighted by molar-refractivity contribution is 5.80. The Kier molecular flexibility index (Phi) is 6.13. The first kappa shape index (κ1) is 17.3. The van der Waals surface area contributed by atoms with Crippen molar-refractivity contribution in [2.24, 2.45) is 0 Å². The summed E-state index contributed by atoms with van der Waals surface area (Å²) in [6.45, 7) is 6.09. The second-order valence-electron chi connectivity index (χ2n) is 7.05. The molecule has 24 heavy (non-hydrogen) atoms. The summed E-state index contributed by atoms with van der Waals surface area (Å²) in [4.78, 5) is 14.7. The minimum atomic E-state index is -0.440. The Morgan fingerprint density at radius 3 is 2.83 bits per heavy atom. The number of ether oxygens (including phenoxy) is 1. The number of benzene rings is 1. The van der Waals surface area contributed by atoms with Crippen molar-refractivity contribution >= 4 is 5.91 Å². The molecule has 2 aliphatic rings. The molecule has 1 fully saturated rings. The van der Waals surface area contributed by atoms with Crippen LogP contribution in [-0.2, 0) is 17.6 Å². The SMILES string of the molecule is CC(Oc1cccc2c1CCCC2)C(=O)NCCCN1CCCC1. The summed E-state index contributed by atoms with van der Waals surface area (Å²) in [6, 6.07) is 6.23. The number of carbonyl (C=O) groups is 1. The summed E-state index contributed by atoms with van der Waals surface area (Å²) < 4.78 is 5.98. The van der Waals surface area contributed by atoms with E-state index < -0.39 is 6.10 Å². The van der Waals surface area contributed by atoms with Crippen LogP contribution in [0.1, 0.15) is 50.2 Å². The second-order valence-corrected chi connectivity index (χ2v) is 7.05. The lowest BCUT2D eigenvalue weighted by Crippen LogP contribution is -2.38. The van der Waals surface area contributed by atoms with Gasteiger partial charge in [-0.3, -0.25) is 4.79 Å². The zero-order valence-electron chi connectivity index (χ0n) is 14.9. The molecule has 1 unspecified atom stereocenters. The quantitative estimate of drug-likeness (QED) is 0.782. The lowest BCUT2D eigenvalue weighted by atomic mass is 9.91. The number of rotatable bonds is 7. The van der Waals surface area contributed by atoms with Gasteiger partial charge in [0.25, 0.3) is 5.91 Å². The standard InChI is InChI=1S/C20H30N2O2/c1-16(20(23)21-12-7-15-22-13-4-5-14-22)24-19-11-6-9-17-8-2-3-10-18(17)19/h6,9,11,16H,2-5,7-8,10,12-15H2,1H3,(H,21,23). The zero-order valence-corrected chi connectivity index (χ0v) is 14.9. The number of hydrogen-bond donors (Lipinski definition) is 1. The van der Waals surface area contributed by atoms with Crippen LogP contribution < -0.4 is 10.1 Å². The van der Waals surface area contributed by atoms with Gasteiger partial charge in [0.2, 0.25) is 0 Å². The first-order chi connectivity index (χ1) is 11.7. The number of hydrogen-bond acceptors (Lipinski definition) is 3. The monoisotopic (exact) mass is 330 g/mol. The fourth-order valence-corrected chi connectivity index (χ4v) is 3.76. The summed E-state index contributed by atoms with van der Waals surface area (Å²) in [7, 11) is 0. The molecule has 3 rings (SSSR count). The van der Waals surface area contributed by atoms with Crippen LogP contribution in [-0.4, -0.2) is 43.1 Å². The number of aryl methyl sites for hydroxylation is 1. The normalized spacial score (nSPS) is 18.9. The van der Waals surface area contributed by atoms with Gasteiger partial charge in [-0.05, 0) is 88.7 Å².